The van der Waals surface area contributed by atoms with Crippen LogP contribution in [0.1, 0.15) is 78.7 Å². The maximum absolute atomic E-state index is 9.86. The van der Waals surface area contributed by atoms with Crippen molar-refractivity contribution in [1.29, 1.82) is 0 Å². The van der Waals surface area contributed by atoms with E-state index in [4.69, 9.17) is 0 Å². The fourth-order valence-electron chi connectivity index (χ4n) is 3.01. The third-order valence-electron chi connectivity index (χ3n) is 4.92. The first-order valence-electron chi connectivity index (χ1n) is 10.4. The molecular weight excluding hydrogens is 344 g/mol. The highest BCUT2D eigenvalue weighted by Crippen LogP contribution is 2.29. The minimum Gasteiger partial charge on any atom is -0.504 e. The van der Waals surface area contributed by atoms with Crippen LogP contribution in [0, 0.1) is 0 Å². The predicted molar refractivity (Wildman–Crippen MR) is 122 cm³/mol. The molecular formula is C26H38O2. The number of para-hydroxylation sites is 1. The summed E-state index contributed by atoms with van der Waals surface area (Å²) in [5.74, 6) is -0.0603. The lowest BCUT2D eigenvalue weighted by Gasteiger charge is -2.05. The molecule has 2 N–H and O–H groups in total. The second-order valence-corrected chi connectivity index (χ2v) is 8.04. The van der Waals surface area contributed by atoms with Crippen LogP contribution < -0.4 is 0 Å². The lowest BCUT2D eigenvalue weighted by molar-refractivity contribution is 0.400. The average molecular weight is 383 g/mol. The summed E-state index contributed by atoms with van der Waals surface area (Å²) in [4.78, 5) is 0. The van der Waals surface area contributed by atoms with E-state index in [1.807, 2.05) is 6.07 Å². The number of phenols is 2. The van der Waals surface area contributed by atoms with Gasteiger partial charge in [0.1, 0.15) is 0 Å². The fraction of sp³-hybridized carbons (Fsp3) is 0.462. The van der Waals surface area contributed by atoms with E-state index in [0.717, 1.165) is 44.1 Å². The van der Waals surface area contributed by atoms with E-state index in [9.17, 15) is 10.2 Å². The predicted octanol–water partition coefficient (Wildman–Crippen LogP) is 7.79. The number of aromatic hydroxyl groups is 2. The number of allylic oxidation sites excluding steroid dienone is 8. The summed E-state index contributed by atoms with van der Waals surface area (Å²) >= 11 is 0. The van der Waals surface area contributed by atoms with Gasteiger partial charge in [-0.3, -0.25) is 0 Å². The second-order valence-electron chi connectivity index (χ2n) is 8.04. The molecule has 0 unspecified atom stereocenters. The third-order valence-corrected chi connectivity index (χ3v) is 4.92. The first-order valence-corrected chi connectivity index (χ1v) is 10.4. The molecule has 0 bridgehead atoms. The summed E-state index contributed by atoms with van der Waals surface area (Å²) in [5.41, 5.74) is 6.40. The highest BCUT2D eigenvalue weighted by Gasteiger charge is 2.04. The van der Waals surface area contributed by atoms with Crippen molar-refractivity contribution in [2.45, 2.75) is 79.6 Å². The quantitative estimate of drug-likeness (QED) is 0.303. The molecule has 0 aliphatic rings. The molecule has 0 saturated heterocycles. The Morgan fingerprint density at radius 1 is 0.714 bits per heavy atom. The van der Waals surface area contributed by atoms with Crippen LogP contribution in [0.2, 0.25) is 0 Å². The zero-order valence-corrected chi connectivity index (χ0v) is 18.4. The van der Waals surface area contributed by atoms with Crippen LogP contribution in [0.25, 0.3) is 0 Å². The highest BCUT2D eigenvalue weighted by molar-refractivity contribution is 5.45. The van der Waals surface area contributed by atoms with Gasteiger partial charge in [0.2, 0.25) is 0 Å². The normalized spacial score (nSPS) is 13.0. The minimum absolute atomic E-state index is 0.00788. The van der Waals surface area contributed by atoms with Crippen LogP contribution >= 0.6 is 0 Å². The Hall–Kier alpha value is -2.22. The third kappa shape index (κ3) is 10.2. The fourth-order valence-corrected chi connectivity index (χ4v) is 3.01. The number of rotatable bonds is 11. The van der Waals surface area contributed by atoms with E-state index in [0.29, 0.717) is 6.42 Å². The Balaban J connectivity index is 2.34. The molecule has 0 heterocycles. The van der Waals surface area contributed by atoms with E-state index in [1.165, 1.54) is 28.4 Å². The Labute approximate surface area is 172 Å². The standard InChI is InChI=1S/C26H38O2/c1-20(2)10-6-11-21(3)12-7-13-22(4)14-8-15-23(5)18-19-24-16-9-17-25(27)26(24)28/h9-10,12,14,16-18,27-28H,6-8,11,13,15,19H2,1-5H3/b21-12+,22-14+,23-18+. The van der Waals surface area contributed by atoms with Gasteiger partial charge in [-0.05, 0) is 85.6 Å². The van der Waals surface area contributed by atoms with Crippen LogP contribution in [0.4, 0.5) is 0 Å². The van der Waals surface area contributed by atoms with Crippen LogP contribution in [-0.4, -0.2) is 10.2 Å². The van der Waals surface area contributed by atoms with Crippen molar-refractivity contribution in [2.24, 2.45) is 0 Å². The molecule has 0 spiro atoms. The van der Waals surface area contributed by atoms with Gasteiger partial charge < -0.3 is 10.2 Å². The van der Waals surface area contributed by atoms with Crippen LogP contribution in [-0.2, 0) is 6.42 Å². The van der Waals surface area contributed by atoms with Gasteiger partial charge in [-0.1, -0.05) is 58.7 Å². The summed E-state index contributed by atoms with van der Waals surface area (Å²) in [6.07, 6.45) is 16.4. The summed E-state index contributed by atoms with van der Waals surface area (Å²) < 4.78 is 0. The topological polar surface area (TPSA) is 40.5 Å². The van der Waals surface area contributed by atoms with Crippen LogP contribution in [0.15, 0.2) is 64.8 Å². The van der Waals surface area contributed by atoms with Gasteiger partial charge in [0.05, 0.1) is 0 Å². The molecule has 0 aliphatic heterocycles. The molecule has 2 heteroatoms. The Bertz CT molecular complexity index is 729. The van der Waals surface area contributed by atoms with E-state index < -0.39 is 0 Å². The molecule has 1 rings (SSSR count). The summed E-state index contributed by atoms with van der Waals surface area (Å²) in [6.45, 7) is 10.9. The second kappa shape index (κ2) is 13.0. The van der Waals surface area contributed by atoms with Gasteiger partial charge in [0.15, 0.2) is 11.5 Å². The molecule has 1 aromatic carbocycles. The first-order chi connectivity index (χ1) is 13.3. The van der Waals surface area contributed by atoms with Crippen molar-refractivity contribution in [3.63, 3.8) is 0 Å². The largest absolute Gasteiger partial charge is 0.504 e. The van der Waals surface area contributed by atoms with Crippen molar-refractivity contribution in [1.82, 2.24) is 0 Å². The zero-order valence-electron chi connectivity index (χ0n) is 18.4. The zero-order chi connectivity index (χ0) is 20.9. The molecule has 0 aliphatic carbocycles. The van der Waals surface area contributed by atoms with Gasteiger partial charge in [0, 0.05) is 5.56 Å². The van der Waals surface area contributed by atoms with Crippen molar-refractivity contribution < 1.29 is 10.2 Å². The van der Waals surface area contributed by atoms with E-state index in [-0.39, 0.29) is 11.5 Å². The molecule has 0 fully saturated rings. The molecule has 0 saturated carbocycles. The Morgan fingerprint density at radius 3 is 1.75 bits per heavy atom. The summed E-state index contributed by atoms with van der Waals surface area (Å²) in [6, 6.07) is 5.11. The lowest BCUT2D eigenvalue weighted by atomic mass is 10.0. The number of phenolic OH excluding ortho intramolecular Hbond substituents is 2. The van der Waals surface area contributed by atoms with Crippen LogP contribution in [0.5, 0.6) is 11.5 Å². The molecule has 0 amide bonds. The van der Waals surface area contributed by atoms with Crippen molar-refractivity contribution in [3.8, 4) is 11.5 Å². The van der Waals surface area contributed by atoms with Gasteiger partial charge in [-0.2, -0.15) is 0 Å². The van der Waals surface area contributed by atoms with Gasteiger partial charge in [0.25, 0.3) is 0 Å². The number of hydrogen-bond donors (Lipinski definition) is 2. The Kier molecular flexibility index (Phi) is 11.1. The molecule has 1 aromatic rings. The smallest absolute Gasteiger partial charge is 0.160 e. The van der Waals surface area contributed by atoms with Gasteiger partial charge in [-0.25, -0.2) is 0 Å². The molecule has 154 valence electrons. The number of benzene rings is 1. The maximum Gasteiger partial charge on any atom is 0.160 e. The van der Waals surface area contributed by atoms with Gasteiger partial charge in [-0.15, -0.1) is 0 Å². The van der Waals surface area contributed by atoms with Crippen molar-refractivity contribution in [2.75, 3.05) is 0 Å². The molecule has 0 atom stereocenters. The van der Waals surface area contributed by atoms with E-state index in [2.05, 4.69) is 58.9 Å². The van der Waals surface area contributed by atoms with Crippen LogP contribution in [0.3, 0.4) is 0 Å². The van der Waals surface area contributed by atoms with E-state index >= 15 is 0 Å². The monoisotopic (exact) mass is 382 g/mol. The maximum atomic E-state index is 9.86. The highest BCUT2D eigenvalue weighted by atomic mass is 16.3. The number of hydrogen-bond acceptors (Lipinski definition) is 2. The van der Waals surface area contributed by atoms with Gasteiger partial charge >= 0.3 is 0 Å². The van der Waals surface area contributed by atoms with Crippen molar-refractivity contribution in [3.05, 3.63) is 70.4 Å². The molecule has 0 radical (unpaired) electrons. The Morgan fingerprint density at radius 2 is 1.21 bits per heavy atom. The minimum atomic E-state index is -0.0525. The summed E-state index contributed by atoms with van der Waals surface area (Å²) in [7, 11) is 0. The summed E-state index contributed by atoms with van der Waals surface area (Å²) in [5, 5.41) is 19.4. The SMILES string of the molecule is CC(C)=CCC/C(C)=C/CC/C(C)=C/CC/C(C)=C/Cc1cccc(O)c1O. The molecule has 2 nitrogen and oxygen atoms in total. The molecule has 28 heavy (non-hydrogen) atoms. The van der Waals surface area contributed by atoms with Crippen molar-refractivity contribution >= 4 is 0 Å². The molecule has 0 aromatic heterocycles. The van der Waals surface area contributed by atoms with E-state index in [1.54, 1.807) is 6.07 Å². The first kappa shape index (κ1) is 23.8. The lowest BCUT2D eigenvalue weighted by Crippen LogP contribution is -1.86. The average Bonchev–Trinajstić information content (AvgIpc) is 2.62.